The summed E-state index contributed by atoms with van der Waals surface area (Å²) < 4.78 is 31.9. The maximum atomic E-state index is 13.3. The van der Waals surface area contributed by atoms with E-state index >= 15 is 0 Å². The first-order chi connectivity index (χ1) is 10.9. The zero-order chi connectivity index (χ0) is 17.0. The number of hydrogen-bond acceptors (Lipinski definition) is 2. The molecular formula is C18H20F2N2O. The highest BCUT2D eigenvalue weighted by Crippen LogP contribution is 2.31. The molecule has 3 nitrogen and oxygen atoms in total. The van der Waals surface area contributed by atoms with Crippen molar-refractivity contribution in [3.8, 4) is 11.5 Å². The lowest BCUT2D eigenvalue weighted by molar-refractivity contribution is 0.459. The lowest BCUT2D eigenvalue weighted by atomic mass is 10.1. The van der Waals surface area contributed by atoms with Crippen molar-refractivity contribution in [3.63, 3.8) is 0 Å². The summed E-state index contributed by atoms with van der Waals surface area (Å²) in [7, 11) is 1.95. The minimum Gasteiger partial charge on any atom is -0.457 e. The third-order valence-corrected chi connectivity index (χ3v) is 3.51. The third-order valence-electron chi connectivity index (χ3n) is 3.51. The van der Waals surface area contributed by atoms with Crippen LogP contribution in [-0.4, -0.2) is 24.8 Å². The number of rotatable bonds is 5. The minimum atomic E-state index is -0.930. The van der Waals surface area contributed by atoms with E-state index in [0.717, 1.165) is 35.5 Å². The first-order valence-corrected chi connectivity index (χ1v) is 7.39. The minimum absolute atomic E-state index is 0.258. The molecule has 0 aliphatic heterocycles. The van der Waals surface area contributed by atoms with E-state index < -0.39 is 11.6 Å². The summed E-state index contributed by atoms with van der Waals surface area (Å²) in [6, 6.07) is 7.23. The van der Waals surface area contributed by atoms with Crippen LogP contribution in [0, 0.1) is 25.5 Å². The Morgan fingerprint density at radius 1 is 1.09 bits per heavy atom. The topological polar surface area (TPSA) is 24.8 Å². The Morgan fingerprint density at radius 2 is 1.83 bits per heavy atom. The van der Waals surface area contributed by atoms with Gasteiger partial charge in [0, 0.05) is 19.7 Å². The van der Waals surface area contributed by atoms with E-state index in [0.29, 0.717) is 5.75 Å². The van der Waals surface area contributed by atoms with E-state index in [2.05, 4.69) is 4.99 Å². The van der Waals surface area contributed by atoms with E-state index in [1.54, 1.807) is 6.34 Å². The number of benzene rings is 2. The number of aryl methyl sites for hydroxylation is 2. The second kappa shape index (κ2) is 7.22. The molecule has 0 fully saturated rings. The van der Waals surface area contributed by atoms with Gasteiger partial charge in [-0.2, -0.15) is 0 Å². The first kappa shape index (κ1) is 16.9. The smallest absolute Gasteiger partial charge is 0.162 e. The fraction of sp³-hybridized carbons (Fsp3) is 0.278. The summed E-state index contributed by atoms with van der Waals surface area (Å²) in [5.74, 6) is -0.972. The highest BCUT2D eigenvalue weighted by atomic mass is 19.2. The van der Waals surface area contributed by atoms with Crippen molar-refractivity contribution in [3.05, 3.63) is 53.1 Å². The fourth-order valence-corrected chi connectivity index (χ4v) is 1.93. The molecule has 2 aromatic rings. The van der Waals surface area contributed by atoms with Gasteiger partial charge in [-0.15, -0.1) is 0 Å². The van der Waals surface area contributed by atoms with Crippen molar-refractivity contribution in [2.75, 3.05) is 13.6 Å². The second-order valence-corrected chi connectivity index (χ2v) is 5.40. The molecule has 0 spiro atoms. The molecule has 122 valence electrons. The molecule has 2 aromatic carbocycles. The summed E-state index contributed by atoms with van der Waals surface area (Å²) in [4.78, 5) is 6.42. The Labute approximate surface area is 135 Å². The van der Waals surface area contributed by atoms with Crippen LogP contribution in [0.5, 0.6) is 11.5 Å². The van der Waals surface area contributed by atoms with Crippen LogP contribution in [0.3, 0.4) is 0 Å². The number of hydrogen-bond donors (Lipinski definition) is 0. The van der Waals surface area contributed by atoms with Crippen molar-refractivity contribution < 1.29 is 13.5 Å². The van der Waals surface area contributed by atoms with E-state index in [1.165, 1.54) is 6.07 Å². The van der Waals surface area contributed by atoms with E-state index in [1.807, 2.05) is 44.9 Å². The molecule has 0 bridgehead atoms. The van der Waals surface area contributed by atoms with Crippen LogP contribution < -0.4 is 4.74 Å². The van der Waals surface area contributed by atoms with Crippen LogP contribution in [0.1, 0.15) is 18.1 Å². The number of ether oxygens (including phenoxy) is 1. The number of aliphatic imine (C=N–C) groups is 1. The van der Waals surface area contributed by atoms with Crippen molar-refractivity contribution in [1.29, 1.82) is 0 Å². The number of halogens is 2. The summed E-state index contributed by atoms with van der Waals surface area (Å²) >= 11 is 0. The normalized spacial score (nSPS) is 11.0. The summed E-state index contributed by atoms with van der Waals surface area (Å²) in [6.45, 7) is 6.73. The molecule has 0 amide bonds. The lowest BCUT2D eigenvalue weighted by Crippen LogP contribution is -2.14. The molecular weight excluding hydrogens is 298 g/mol. The molecule has 2 rings (SSSR count). The van der Waals surface area contributed by atoms with Crippen molar-refractivity contribution in [2.24, 2.45) is 4.99 Å². The van der Waals surface area contributed by atoms with Crippen molar-refractivity contribution >= 4 is 12.0 Å². The van der Waals surface area contributed by atoms with Crippen LogP contribution in [0.25, 0.3) is 0 Å². The van der Waals surface area contributed by atoms with E-state index in [-0.39, 0.29) is 5.75 Å². The van der Waals surface area contributed by atoms with Crippen LogP contribution >= 0.6 is 0 Å². The van der Waals surface area contributed by atoms with Gasteiger partial charge in [-0.25, -0.2) is 13.8 Å². The van der Waals surface area contributed by atoms with Gasteiger partial charge in [-0.3, -0.25) is 0 Å². The van der Waals surface area contributed by atoms with Gasteiger partial charge in [0.15, 0.2) is 11.6 Å². The average molecular weight is 318 g/mol. The van der Waals surface area contributed by atoms with Crippen LogP contribution in [-0.2, 0) is 0 Å². The quantitative estimate of drug-likeness (QED) is 0.573. The predicted molar refractivity (Wildman–Crippen MR) is 88.8 cm³/mol. The maximum Gasteiger partial charge on any atom is 0.162 e. The zero-order valence-electron chi connectivity index (χ0n) is 13.7. The van der Waals surface area contributed by atoms with Crippen molar-refractivity contribution in [1.82, 2.24) is 4.90 Å². The Morgan fingerprint density at radius 3 is 2.48 bits per heavy atom. The van der Waals surface area contributed by atoms with Gasteiger partial charge in [-0.05, 0) is 56.2 Å². The Kier molecular flexibility index (Phi) is 5.32. The molecule has 0 N–H and O–H groups in total. The van der Waals surface area contributed by atoms with Gasteiger partial charge >= 0.3 is 0 Å². The molecule has 0 atom stereocenters. The molecule has 23 heavy (non-hydrogen) atoms. The first-order valence-electron chi connectivity index (χ1n) is 7.39. The largest absolute Gasteiger partial charge is 0.457 e. The molecule has 0 aromatic heterocycles. The SMILES string of the molecule is CCN(C)C=Nc1cc(C)c(Oc2ccc(F)c(F)c2)cc1C. The third kappa shape index (κ3) is 4.28. The summed E-state index contributed by atoms with van der Waals surface area (Å²) in [6.07, 6.45) is 1.78. The van der Waals surface area contributed by atoms with Crippen molar-refractivity contribution in [2.45, 2.75) is 20.8 Å². The van der Waals surface area contributed by atoms with Gasteiger partial charge in [0.05, 0.1) is 12.0 Å². The molecule has 0 unspecified atom stereocenters. The fourth-order valence-electron chi connectivity index (χ4n) is 1.93. The van der Waals surface area contributed by atoms with Gasteiger partial charge in [0.1, 0.15) is 11.5 Å². The molecule has 0 aliphatic rings. The van der Waals surface area contributed by atoms with Crippen LogP contribution in [0.15, 0.2) is 35.3 Å². The van der Waals surface area contributed by atoms with Gasteiger partial charge in [-0.1, -0.05) is 0 Å². The van der Waals surface area contributed by atoms with Gasteiger partial charge in [0.2, 0.25) is 0 Å². The van der Waals surface area contributed by atoms with E-state index in [4.69, 9.17) is 4.74 Å². The summed E-state index contributed by atoms with van der Waals surface area (Å²) in [5, 5.41) is 0. The number of nitrogens with zero attached hydrogens (tertiary/aromatic N) is 2. The molecule has 0 saturated carbocycles. The molecule has 0 aliphatic carbocycles. The highest BCUT2D eigenvalue weighted by molar-refractivity contribution is 5.64. The average Bonchev–Trinajstić information content (AvgIpc) is 2.52. The highest BCUT2D eigenvalue weighted by Gasteiger charge is 2.08. The van der Waals surface area contributed by atoms with Gasteiger partial charge < -0.3 is 9.64 Å². The Balaban J connectivity index is 2.25. The monoisotopic (exact) mass is 318 g/mol. The summed E-state index contributed by atoms with van der Waals surface area (Å²) in [5.41, 5.74) is 2.65. The van der Waals surface area contributed by atoms with Crippen LogP contribution in [0.4, 0.5) is 14.5 Å². The standard InChI is InChI=1S/C18H20F2N2O/c1-5-22(4)11-21-17-8-13(3)18(9-12(17)2)23-14-6-7-15(19)16(20)10-14/h6-11H,5H2,1-4H3. The van der Waals surface area contributed by atoms with Crippen LogP contribution in [0.2, 0.25) is 0 Å². The Hall–Kier alpha value is -2.43. The predicted octanol–water partition coefficient (Wildman–Crippen LogP) is 4.99. The maximum absolute atomic E-state index is 13.3. The molecule has 0 saturated heterocycles. The van der Waals surface area contributed by atoms with Gasteiger partial charge in [0.25, 0.3) is 0 Å². The molecule has 0 heterocycles. The Bertz CT molecular complexity index is 729. The van der Waals surface area contributed by atoms with E-state index in [9.17, 15) is 8.78 Å². The second-order valence-electron chi connectivity index (χ2n) is 5.40. The molecule has 0 radical (unpaired) electrons. The molecule has 5 heteroatoms. The zero-order valence-corrected chi connectivity index (χ0v) is 13.7. The lowest BCUT2D eigenvalue weighted by Gasteiger charge is -2.13.